The SMILES string of the molecule is CCCCCCCCCCCCCCCCC/C=C/C(O)C(COC1OC(CO)C(OC2OC(CO)C(O)C(OC3(C(=O)O)CC(O)C(NC(C)=O)C(C(O)C(O)CO)O3)C2O)C(O)C1O)NC(=O)CCCCCCCCCCCCCCCCCCC/C=C\CCCCCCCCCCCCCCCCCC. The molecular weight excluding hydrogens is 1380 g/mol. The highest BCUT2D eigenvalue weighted by atomic mass is 16.8. The fraction of sp³-hybridized carbons (Fsp3) is 0.918. The van der Waals surface area contributed by atoms with Gasteiger partial charge in [0, 0.05) is 19.8 Å². The lowest BCUT2D eigenvalue weighted by Gasteiger charge is -2.50. The maximum atomic E-state index is 13.6. The van der Waals surface area contributed by atoms with Gasteiger partial charge in [0.2, 0.25) is 11.8 Å². The summed E-state index contributed by atoms with van der Waals surface area (Å²) in [6.07, 6.45) is 43.9. The van der Waals surface area contributed by atoms with Gasteiger partial charge >= 0.3 is 5.97 Å². The van der Waals surface area contributed by atoms with Gasteiger partial charge in [0.1, 0.15) is 67.1 Å². The Labute approximate surface area is 651 Å². The number of aliphatic carboxylic acids is 1. The van der Waals surface area contributed by atoms with Gasteiger partial charge in [-0.25, -0.2) is 4.79 Å². The number of carbonyl (C=O) groups is 3. The van der Waals surface area contributed by atoms with Gasteiger partial charge in [-0.05, 0) is 44.9 Å². The Morgan fingerprint density at radius 2 is 0.870 bits per heavy atom. The molecule has 0 aromatic carbocycles. The van der Waals surface area contributed by atoms with Gasteiger partial charge in [-0.15, -0.1) is 0 Å². The Balaban J connectivity index is 1.42. The zero-order valence-electron chi connectivity index (χ0n) is 67.5. The number of carboxylic acid groups (broad SMARTS) is 1. The van der Waals surface area contributed by atoms with E-state index >= 15 is 0 Å². The van der Waals surface area contributed by atoms with Gasteiger partial charge in [-0.2, -0.15) is 0 Å². The minimum absolute atomic E-state index is 0.203. The summed E-state index contributed by atoms with van der Waals surface area (Å²) in [5, 5.41) is 136. The van der Waals surface area contributed by atoms with Crippen molar-refractivity contribution < 1.29 is 104 Å². The number of rotatable bonds is 70. The average Bonchev–Trinajstić information content (AvgIpc) is 0.754. The second kappa shape index (κ2) is 63.5. The van der Waals surface area contributed by atoms with Crippen LogP contribution in [0.5, 0.6) is 0 Å². The molecule has 14 N–H and O–H groups in total. The number of allylic oxidation sites excluding steroid dienone is 3. The molecule has 0 saturated carbocycles. The number of aliphatic hydroxyl groups excluding tert-OH is 11. The Morgan fingerprint density at radius 3 is 1.26 bits per heavy atom. The normalized spacial score (nSPS) is 25.9. The minimum Gasteiger partial charge on any atom is -0.477 e. The highest BCUT2D eigenvalue weighted by Crippen LogP contribution is 2.39. The van der Waals surface area contributed by atoms with Gasteiger partial charge < -0.3 is 100 Å². The van der Waals surface area contributed by atoms with Crippen LogP contribution in [0, 0.1) is 0 Å². The fourth-order valence-electron chi connectivity index (χ4n) is 15.2. The quantitative estimate of drug-likeness (QED) is 0.0199. The van der Waals surface area contributed by atoms with Gasteiger partial charge in [0.15, 0.2) is 12.6 Å². The Bertz CT molecular complexity index is 2240. The average molecular weight is 1540 g/mol. The molecule has 3 fully saturated rings. The maximum absolute atomic E-state index is 13.6. The summed E-state index contributed by atoms with van der Waals surface area (Å²) in [4.78, 5) is 38.7. The number of ether oxygens (including phenoxy) is 6. The van der Waals surface area contributed by atoms with E-state index in [1.165, 1.54) is 270 Å². The lowest BCUT2D eigenvalue weighted by atomic mass is 9.88. The van der Waals surface area contributed by atoms with E-state index in [1.807, 2.05) is 6.08 Å². The molecule has 0 bridgehead atoms. The molecule has 18 atom stereocenters. The van der Waals surface area contributed by atoms with E-state index in [2.05, 4.69) is 36.6 Å². The van der Waals surface area contributed by atoms with E-state index < -0.39 is 155 Å². The van der Waals surface area contributed by atoms with Crippen LogP contribution in [-0.4, -0.2) is 215 Å². The zero-order valence-corrected chi connectivity index (χ0v) is 67.5. The molecule has 18 unspecified atom stereocenters. The van der Waals surface area contributed by atoms with Crippen LogP contribution in [0.4, 0.5) is 0 Å². The number of carboxylic acids is 1. The van der Waals surface area contributed by atoms with Crippen molar-refractivity contribution in [2.24, 2.45) is 0 Å². The summed E-state index contributed by atoms with van der Waals surface area (Å²) in [6, 6.07) is -2.62. The number of aliphatic hydroxyl groups is 11. The van der Waals surface area contributed by atoms with Crippen LogP contribution >= 0.6 is 0 Å². The molecule has 3 saturated heterocycles. The molecular formula is C85H158N2O21. The van der Waals surface area contributed by atoms with E-state index in [9.17, 15) is 75.7 Å². The van der Waals surface area contributed by atoms with Crippen LogP contribution in [0.1, 0.15) is 361 Å². The minimum atomic E-state index is -3.08. The van der Waals surface area contributed by atoms with Crippen LogP contribution in [0.2, 0.25) is 0 Å². The van der Waals surface area contributed by atoms with Crippen molar-refractivity contribution in [3.8, 4) is 0 Å². The number of nitrogens with one attached hydrogen (secondary N) is 2. The molecule has 23 nitrogen and oxygen atoms in total. The standard InChI is InChI=1S/C85H158N2O21/c1-4-6-8-10-12-14-16-18-20-22-23-24-25-26-27-28-29-30-31-32-33-34-35-36-37-38-39-40-41-43-45-47-49-51-53-55-57-59-72(95)87-66(67(92)58-56-54-52-50-48-46-44-42-21-19-17-15-13-11-9-7-5-2)64-103-82-77(99)76(98)79(71(63-90)105-82)106-83-78(100)81(75(97)70(62-89)104-83)108-85(84(101)102)60-68(93)73(86-65(3)91)80(107-85)74(96)69(94)61-88/h30-31,56,58,66-71,73-83,88-90,92-94,96-100H,4-29,32-55,57,59-64H2,1-3H3,(H,86,91)(H,87,95)(H,101,102)/b31-30-,58-56+. The predicted molar refractivity (Wildman–Crippen MR) is 421 cm³/mol. The molecule has 2 amide bonds. The van der Waals surface area contributed by atoms with Crippen molar-refractivity contribution >= 4 is 17.8 Å². The monoisotopic (exact) mass is 1540 g/mol. The first-order valence-electron chi connectivity index (χ1n) is 43.7. The second-order valence-corrected chi connectivity index (χ2v) is 31.8. The van der Waals surface area contributed by atoms with E-state index in [-0.39, 0.29) is 12.3 Å². The fourth-order valence-corrected chi connectivity index (χ4v) is 15.2. The van der Waals surface area contributed by atoms with Crippen LogP contribution in [-0.2, 0) is 42.8 Å². The van der Waals surface area contributed by atoms with E-state index in [4.69, 9.17) is 28.4 Å². The topological polar surface area (TPSA) is 373 Å². The molecule has 0 radical (unpaired) electrons. The van der Waals surface area contributed by atoms with Gasteiger partial charge in [0.05, 0.1) is 50.7 Å². The zero-order chi connectivity index (χ0) is 78.8. The molecule has 0 spiro atoms. The number of hydrogen-bond acceptors (Lipinski definition) is 20. The van der Waals surface area contributed by atoms with Gasteiger partial charge in [-0.3, -0.25) is 9.59 Å². The summed E-state index contributed by atoms with van der Waals surface area (Å²) in [6.45, 7) is 2.19. The molecule has 0 aliphatic carbocycles. The lowest BCUT2D eigenvalue weighted by Crippen LogP contribution is -2.70. The molecule has 3 rings (SSSR count). The molecule has 0 aromatic heterocycles. The number of hydrogen-bond donors (Lipinski definition) is 14. The van der Waals surface area contributed by atoms with Crippen molar-refractivity contribution in [3.05, 3.63) is 24.3 Å². The number of carbonyl (C=O) groups excluding carboxylic acids is 2. The van der Waals surface area contributed by atoms with Crippen molar-refractivity contribution in [3.63, 3.8) is 0 Å². The summed E-state index contributed by atoms with van der Waals surface area (Å²) in [7, 11) is 0. The highest BCUT2D eigenvalue weighted by Gasteiger charge is 2.60. The summed E-state index contributed by atoms with van der Waals surface area (Å²) >= 11 is 0. The Kier molecular flexibility index (Phi) is 58.5. The second-order valence-electron chi connectivity index (χ2n) is 31.8. The number of amides is 2. The molecule has 3 aliphatic heterocycles. The van der Waals surface area contributed by atoms with Crippen LogP contribution < -0.4 is 10.6 Å². The highest BCUT2D eigenvalue weighted by molar-refractivity contribution is 5.77. The Hall–Kier alpha value is -2.79. The first-order chi connectivity index (χ1) is 52.4. The van der Waals surface area contributed by atoms with Crippen LogP contribution in [0.3, 0.4) is 0 Å². The van der Waals surface area contributed by atoms with E-state index in [1.54, 1.807) is 6.08 Å². The molecule has 634 valence electrons. The Morgan fingerprint density at radius 1 is 0.481 bits per heavy atom. The maximum Gasteiger partial charge on any atom is 0.364 e. The lowest BCUT2D eigenvalue weighted by molar-refractivity contribution is -0.386. The first-order valence-corrected chi connectivity index (χ1v) is 43.7. The van der Waals surface area contributed by atoms with Crippen LogP contribution in [0.25, 0.3) is 0 Å². The third-order valence-electron chi connectivity index (χ3n) is 22.1. The van der Waals surface area contributed by atoms with E-state index in [0.29, 0.717) is 12.8 Å². The third kappa shape index (κ3) is 42.5. The third-order valence-corrected chi connectivity index (χ3v) is 22.1. The largest absolute Gasteiger partial charge is 0.477 e. The van der Waals surface area contributed by atoms with Crippen molar-refractivity contribution in [2.75, 3.05) is 26.4 Å². The van der Waals surface area contributed by atoms with Crippen molar-refractivity contribution in [1.29, 1.82) is 0 Å². The predicted octanol–water partition coefficient (Wildman–Crippen LogP) is 13.1. The molecule has 23 heteroatoms. The smallest absolute Gasteiger partial charge is 0.364 e. The first kappa shape index (κ1) is 99.4. The van der Waals surface area contributed by atoms with E-state index in [0.717, 1.165) is 51.9 Å². The summed E-state index contributed by atoms with van der Waals surface area (Å²) in [5.41, 5.74) is 0. The van der Waals surface area contributed by atoms with Gasteiger partial charge in [-0.1, -0.05) is 321 Å². The van der Waals surface area contributed by atoms with Crippen molar-refractivity contribution in [2.45, 2.75) is 471 Å². The molecule has 3 heterocycles. The molecule has 3 aliphatic rings. The molecule has 108 heavy (non-hydrogen) atoms. The summed E-state index contributed by atoms with van der Waals surface area (Å²) in [5.74, 6) is -6.13. The van der Waals surface area contributed by atoms with Crippen molar-refractivity contribution in [1.82, 2.24) is 10.6 Å². The number of unbranched alkanes of at least 4 members (excludes halogenated alkanes) is 48. The van der Waals surface area contributed by atoms with Crippen LogP contribution in [0.15, 0.2) is 24.3 Å². The summed E-state index contributed by atoms with van der Waals surface area (Å²) < 4.78 is 34.9. The van der Waals surface area contributed by atoms with Gasteiger partial charge in [0.25, 0.3) is 5.79 Å². The molecule has 0 aromatic rings.